The number of nitrogens with one attached hydrogen (secondary N) is 1. The molecule has 1 fully saturated rings. The van der Waals surface area contributed by atoms with Gasteiger partial charge < -0.3 is 9.88 Å². The van der Waals surface area contributed by atoms with Gasteiger partial charge in [0.1, 0.15) is 4.75 Å². The molecule has 8 heteroatoms. The molecule has 1 N–H and O–H groups in total. The van der Waals surface area contributed by atoms with Crippen LogP contribution in [0, 0.1) is 5.95 Å². The lowest BCUT2D eigenvalue weighted by Gasteiger charge is -2.15. The molecule has 0 unspecified atom stereocenters. The third-order valence-corrected chi connectivity index (χ3v) is 5.92. The minimum Gasteiger partial charge on any atom is -0.325 e. The Morgan fingerprint density at radius 3 is 2.70 bits per heavy atom. The minimum atomic E-state index is -0.562. The number of rotatable bonds is 6. The number of aromatic nitrogens is 4. The van der Waals surface area contributed by atoms with Crippen LogP contribution in [0.25, 0.3) is 11.4 Å². The number of para-hydroxylation sites is 1. The van der Waals surface area contributed by atoms with Gasteiger partial charge in [-0.15, -0.1) is 10.2 Å². The predicted octanol–water partition coefficient (Wildman–Crippen LogP) is 3.76. The summed E-state index contributed by atoms with van der Waals surface area (Å²) >= 11 is 1.42. The molecule has 1 aliphatic carbocycles. The van der Waals surface area contributed by atoms with Crippen LogP contribution >= 0.6 is 11.8 Å². The third kappa shape index (κ3) is 3.57. The van der Waals surface area contributed by atoms with Crippen LogP contribution < -0.4 is 5.32 Å². The van der Waals surface area contributed by atoms with Gasteiger partial charge in [-0.1, -0.05) is 30.0 Å². The van der Waals surface area contributed by atoms with Crippen molar-refractivity contribution in [3.05, 3.63) is 54.6 Å². The van der Waals surface area contributed by atoms with Gasteiger partial charge in [-0.05, 0) is 38.0 Å². The van der Waals surface area contributed by atoms with Crippen LogP contribution in [0.4, 0.5) is 10.1 Å². The highest BCUT2D eigenvalue weighted by molar-refractivity contribution is 8.01. The number of pyridine rings is 1. The third-order valence-electron chi connectivity index (χ3n) is 4.45. The molecule has 3 aromatic rings. The topological polar surface area (TPSA) is 72.7 Å². The highest BCUT2D eigenvalue weighted by Gasteiger charge is 2.52. The standard InChI is InChI=1S/C19H18FN5OS/c1-2-25-16(13-8-11-21-15(20)12-13)23-24-18(25)27-19(9-10-19)17(26)22-14-6-4-3-5-7-14/h3-8,11-12H,2,9-10H2,1H3,(H,22,26). The van der Waals surface area contributed by atoms with Crippen molar-refractivity contribution < 1.29 is 9.18 Å². The second-order valence-electron chi connectivity index (χ2n) is 6.33. The number of amides is 1. The van der Waals surface area contributed by atoms with Crippen molar-refractivity contribution in [2.45, 2.75) is 36.2 Å². The van der Waals surface area contributed by atoms with Crippen molar-refractivity contribution in [1.29, 1.82) is 0 Å². The Balaban J connectivity index is 1.57. The summed E-state index contributed by atoms with van der Waals surface area (Å²) in [6.45, 7) is 2.59. The fourth-order valence-electron chi connectivity index (χ4n) is 2.83. The van der Waals surface area contributed by atoms with E-state index in [1.54, 1.807) is 6.07 Å². The summed E-state index contributed by atoms with van der Waals surface area (Å²) in [6.07, 6.45) is 2.97. The van der Waals surface area contributed by atoms with E-state index in [0.717, 1.165) is 18.5 Å². The number of nitrogens with zero attached hydrogens (tertiary/aromatic N) is 4. The highest BCUT2D eigenvalue weighted by atomic mass is 32.2. The maximum absolute atomic E-state index is 13.5. The molecule has 138 valence electrons. The predicted molar refractivity (Wildman–Crippen MR) is 102 cm³/mol. The summed E-state index contributed by atoms with van der Waals surface area (Å²) < 4.78 is 14.8. The first-order valence-corrected chi connectivity index (χ1v) is 9.53. The smallest absolute Gasteiger partial charge is 0.241 e. The summed E-state index contributed by atoms with van der Waals surface area (Å²) in [4.78, 5) is 16.4. The largest absolute Gasteiger partial charge is 0.325 e. The van der Waals surface area contributed by atoms with Crippen molar-refractivity contribution in [2.75, 3.05) is 5.32 Å². The Labute approximate surface area is 160 Å². The lowest BCUT2D eigenvalue weighted by Crippen LogP contribution is -2.27. The Hall–Kier alpha value is -2.74. The fourth-order valence-corrected chi connectivity index (χ4v) is 4.04. The molecule has 6 nitrogen and oxygen atoms in total. The zero-order valence-electron chi connectivity index (χ0n) is 14.7. The van der Waals surface area contributed by atoms with Gasteiger partial charge in [0, 0.05) is 30.1 Å². The van der Waals surface area contributed by atoms with E-state index in [1.807, 2.05) is 41.8 Å². The van der Waals surface area contributed by atoms with E-state index in [2.05, 4.69) is 20.5 Å². The number of carbonyl (C=O) groups excluding carboxylic acids is 1. The van der Waals surface area contributed by atoms with Crippen LogP contribution in [0.15, 0.2) is 53.8 Å². The number of hydrogen-bond acceptors (Lipinski definition) is 5. The maximum atomic E-state index is 13.5. The van der Waals surface area contributed by atoms with E-state index < -0.39 is 10.7 Å². The quantitative estimate of drug-likeness (QED) is 0.656. The molecule has 2 heterocycles. The van der Waals surface area contributed by atoms with Crippen molar-refractivity contribution in [3.63, 3.8) is 0 Å². The van der Waals surface area contributed by atoms with E-state index in [4.69, 9.17) is 0 Å². The first-order valence-electron chi connectivity index (χ1n) is 8.72. The number of anilines is 1. The molecule has 1 amide bonds. The minimum absolute atomic E-state index is 0.0270. The molecular weight excluding hydrogens is 365 g/mol. The normalized spacial score (nSPS) is 14.7. The van der Waals surface area contributed by atoms with Crippen molar-refractivity contribution in [2.24, 2.45) is 0 Å². The van der Waals surface area contributed by atoms with Crippen molar-refractivity contribution in [3.8, 4) is 11.4 Å². The molecule has 1 saturated carbocycles. The van der Waals surface area contributed by atoms with Crippen LogP contribution in [0.3, 0.4) is 0 Å². The summed E-state index contributed by atoms with van der Waals surface area (Å²) in [5.74, 6) is -0.0188. The van der Waals surface area contributed by atoms with Gasteiger partial charge in [0.2, 0.25) is 11.9 Å². The zero-order valence-corrected chi connectivity index (χ0v) is 15.5. The SMILES string of the molecule is CCn1c(SC2(C(=O)Nc3ccccc3)CC2)nnc1-c1ccnc(F)c1. The number of halogens is 1. The zero-order chi connectivity index (χ0) is 18.9. The molecule has 4 rings (SSSR count). The molecular formula is C19H18FN5OS. The summed E-state index contributed by atoms with van der Waals surface area (Å²) in [6, 6.07) is 12.4. The average molecular weight is 383 g/mol. The molecule has 0 atom stereocenters. The van der Waals surface area contributed by atoms with Crippen molar-refractivity contribution >= 4 is 23.4 Å². The summed E-state index contributed by atoms with van der Waals surface area (Å²) in [5.41, 5.74) is 1.39. The van der Waals surface area contributed by atoms with Gasteiger partial charge >= 0.3 is 0 Å². The first-order chi connectivity index (χ1) is 13.1. The van der Waals surface area contributed by atoms with Crippen LogP contribution in [0.2, 0.25) is 0 Å². The number of benzene rings is 1. The Bertz CT molecular complexity index is 971. The van der Waals surface area contributed by atoms with Crippen LogP contribution in [0.5, 0.6) is 0 Å². The molecule has 0 saturated heterocycles. The lowest BCUT2D eigenvalue weighted by molar-refractivity contribution is -0.116. The average Bonchev–Trinajstić information content (AvgIpc) is 3.35. The van der Waals surface area contributed by atoms with Crippen LogP contribution in [0.1, 0.15) is 19.8 Å². The number of hydrogen-bond donors (Lipinski definition) is 1. The Morgan fingerprint density at radius 1 is 1.26 bits per heavy atom. The lowest BCUT2D eigenvalue weighted by atomic mass is 10.2. The molecule has 0 bridgehead atoms. The van der Waals surface area contributed by atoms with E-state index in [1.165, 1.54) is 24.0 Å². The monoisotopic (exact) mass is 383 g/mol. The van der Waals surface area contributed by atoms with E-state index >= 15 is 0 Å². The van der Waals surface area contributed by atoms with Crippen molar-refractivity contribution in [1.82, 2.24) is 19.7 Å². The maximum Gasteiger partial charge on any atom is 0.241 e. The van der Waals surface area contributed by atoms with E-state index in [-0.39, 0.29) is 5.91 Å². The van der Waals surface area contributed by atoms with Gasteiger partial charge in [-0.25, -0.2) is 4.98 Å². The second kappa shape index (κ2) is 7.11. The van der Waals surface area contributed by atoms with Gasteiger partial charge in [-0.2, -0.15) is 4.39 Å². The first kappa shape index (κ1) is 17.7. The summed E-state index contributed by atoms with van der Waals surface area (Å²) in [5, 5.41) is 12.1. The molecule has 27 heavy (non-hydrogen) atoms. The summed E-state index contributed by atoms with van der Waals surface area (Å²) in [7, 11) is 0. The number of carbonyl (C=O) groups is 1. The fraction of sp³-hybridized carbons (Fsp3) is 0.263. The van der Waals surface area contributed by atoms with Gasteiger partial charge in [0.25, 0.3) is 0 Å². The Kier molecular flexibility index (Phi) is 4.65. The second-order valence-corrected chi connectivity index (χ2v) is 7.68. The number of thioether (sulfide) groups is 1. The molecule has 0 aliphatic heterocycles. The molecule has 0 spiro atoms. The van der Waals surface area contributed by atoms with E-state index in [9.17, 15) is 9.18 Å². The van der Waals surface area contributed by atoms with Gasteiger partial charge in [-0.3, -0.25) is 4.79 Å². The molecule has 2 aromatic heterocycles. The molecule has 0 radical (unpaired) electrons. The van der Waals surface area contributed by atoms with E-state index in [0.29, 0.717) is 23.1 Å². The molecule has 1 aromatic carbocycles. The van der Waals surface area contributed by atoms with Crippen LogP contribution in [-0.2, 0) is 11.3 Å². The van der Waals surface area contributed by atoms with Gasteiger partial charge in [0.05, 0.1) is 0 Å². The molecule has 1 aliphatic rings. The van der Waals surface area contributed by atoms with Gasteiger partial charge in [0.15, 0.2) is 11.0 Å². The highest BCUT2D eigenvalue weighted by Crippen LogP contribution is 2.52. The Morgan fingerprint density at radius 2 is 2.04 bits per heavy atom. The van der Waals surface area contributed by atoms with Crippen LogP contribution in [-0.4, -0.2) is 30.4 Å².